The van der Waals surface area contributed by atoms with Gasteiger partial charge in [-0.3, -0.25) is 10.1 Å². The second-order valence-electron chi connectivity index (χ2n) is 3.70. The molecule has 98 valence electrons. The van der Waals surface area contributed by atoms with Gasteiger partial charge in [0.05, 0.1) is 18.4 Å². The summed E-state index contributed by atoms with van der Waals surface area (Å²) in [5.41, 5.74) is 0.532. The van der Waals surface area contributed by atoms with Crippen molar-refractivity contribution in [2.24, 2.45) is 0 Å². The van der Waals surface area contributed by atoms with Crippen LogP contribution in [-0.2, 0) is 6.54 Å². The number of halogens is 1. The summed E-state index contributed by atoms with van der Waals surface area (Å²) >= 11 is 8.36. The number of rotatable bonds is 3. The Balaban J connectivity index is 1.89. The van der Waals surface area contributed by atoms with Crippen LogP contribution in [0.4, 0.5) is 0 Å². The number of hydrogen-bond acceptors (Lipinski definition) is 3. The highest BCUT2D eigenvalue weighted by molar-refractivity contribution is 9.10. The van der Waals surface area contributed by atoms with Crippen LogP contribution in [0.15, 0.2) is 51.6 Å². The Morgan fingerprint density at radius 2 is 2.05 bits per heavy atom. The van der Waals surface area contributed by atoms with Gasteiger partial charge >= 0.3 is 0 Å². The monoisotopic (exact) mass is 338 g/mol. The Kier molecular flexibility index (Phi) is 4.70. The van der Waals surface area contributed by atoms with Crippen LogP contribution in [0.2, 0.25) is 0 Å². The zero-order valence-corrected chi connectivity index (χ0v) is 12.3. The number of thiocarbonyl (C=S) groups is 1. The van der Waals surface area contributed by atoms with Gasteiger partial charge in [-0.25, -0.2) is 0 Å². The van der Waals surface area contributed by atoms with Crippen molar-refractivity contribution in [3.8, 4) is 0 Å². The molecule has 2 N–H and O–H groups in total. The van der Waals surface area contributed by atoms with Crippen LogP contribution < -0.4 is 10.6 Å². The van der Waals surface area contributed by atoms with Gasteiger partial charge in [-0.15, -0.1) is 0 Å². The maximum Gasteiger partial charge on any atom is 0.258 e. The van der Waals surface area contributed by atoms with Gasteiger partial charge in [-0.2, -0.15) is 0 Å². The summed E-state index contributed by atoms with van der Waals surface area (Å²) in [6, 6.07) is 10.8. The molecule has 0 aliphatic rings. The first kappa shape index (κ1) is 13.8. The lowest BCUT2D eigenvalue weighted by atomic mass is 10.2. The fourth-order valence-corrected chi connectivity index (χ4v) is 2.07. The normalized spacial score (nSPS) is 9.95. The van der Waals surface area contributed by atoms with Crippen molar-refractivity contribution in [1.29, 1.82) is 0 Å². The third kappa shape index (κ3) is 3.90. The van der Waals surface area contributed by atoms with E-state index >= 15 is 0 Å². The number of amides is 1. The van der Waals surface area contributed by atoms with Crippen molar-refractivity contribution >= 4 is 39.2 Å². The summed E-state index contributed by atoms with van der Waals surface area (Å²) in [6.45, 7) is 0.433. The van der Waals surface area contributed by atoms with Crippen LogP contribution in [-0.4, -0.2) is 11.0 Å². The van der Waals surface area contributed by atoms with E-state index in [9.17, 15) is 4.79 Å². The van der Waals surface area contributed by atoms with Crippen LogP contribution in [0.25, 0.3) is 0 Å². The zero-order valence-electron chi connectivity index (χ0n) is 9.85. The number of nitrogens with one attached hydrogen (secondary N) is 2. The van der Waals surface area contributed by atoms with Crippen LogP contribution in [0.3, 0.4) is 0 Å². The lowest BCUT2D eigenvalue weighted by molar-refractivity contribution is 0.0976. The standard InChI is InChI=1S/C13H11BrN2O2S/c14-11-6-2-1-5-10(11)12(17)16-13(19)15-8-9-4-3-7-18-9/h1-7H,8H2,(H2,15,16,17,19). The number of carbonyl (C=O) groups is 1. The number of hydrogen-bond donors (Lipinski definition) is 2. The smallest absolute Gasteiger partial charge is 0.258 e. The van der Waals surface area contributed by atoms with Crippen LogP contribution in [0, 0.1) is 0 Å². The molecule has 6 heteroatoms. The Hall–Kier alpha value is -1.66. The first-order valence-corrected chi connectivity index (χ1v) is 6.73. The molecule has 0 saturated carbocycles. The van der Waals surface area contributed by atoms with E-state index in [1.54, 1.807) is 30.5 Å². The zero-order chi connectivity index (χ0) is 13.7. The fourth-order valence-electron chi connectivity index (χ4n) is 1.44. The van der Waals surface area contributed by atoms with E-state index in [0.717, 1.165) is 10.2 Å². The molecule has 2 rings (SSSR count). The molecule has 1 heterocycles. The molecule has 0 aliphatic heterocycles. The molecule has 0 bridgehead atoms. The lowest BCUT2D eigenvalue weighted by Crippen LogP contribution is -2.38. The maximum atomic E-state index is 11.9. The molecule has 0 atom stereocenters. The van der Waals surface area contributed by atoms with Gasteiger partial charge < -0.3 is 9.73 Å². The molecule has 1 aromatic carbocycles. The summed E-state index contributed by atoms with van der Waals surface area (Å²) < 4.78 is 5.87. The summed E-state index contributed by atoms with van der Waals surface area (Å²) in [6.07, 6.45) is 1.58. The van der Waals surface area contributed by atoms with E-state index in [1.807, 2.05) is 12.1 Å². The van der Waals surface area contributed by atoms with Crippen LogP contribution in [0.5, 0.6) is 0 Å². The first-order chi connectivity index (χ1) is 9.16. The van der Waals surface area contributed by atoms with Crippen molar-refractivity contribution in [2.45, 2.75) is 6.54 Å². The van der Waals surface area contributed by atoms with Crippen LogP contribution in [0.1, 0.15) is 16.1 Å². The van der Waals surface area contributed by atoms with E-state index in [2.05, 4.69) is 26.6 Å². The summed E-state index contributed by atoms with van der Waals surface area (Å²) in [5.74, 6) is 0.488. The Morgan fingerprint density at radius 1 is 1.26 bits per heavy atom. The third-order valence-corrected chi connectivity index (χ3v) is 3.29. The molecule has 0 aliphatic carbocycles. The molecule has 19 heavy (non-hydrogen) atoms. The number of furan rings is 1. The van der Waals surface area contributed by atoms with Gasteiger partial charge in [-0.05, 0) is 52.4 Å². The summed E-state index contributed by atoms with van der Waals surface area (Å²) in [7, 11) is 0. The Bertz CT molecular complexity index is 584. The third-order valence-electron chi connectivity index (χ3n) is 2.35. The van der Waals surface area contributed by atoms with Crippen LogP contribution >= 0.6 is 28.1 Å². The van der Waals surface area contributed by atoms with Gasteiger partial charge in [0.1, 0.15) is 5.76 Å². The second-order valence-corrected chi connectivity index (χ2v) is 4.96. The predicted octanol–water partition coefficient (Wildman–Crippen LogP) is 2.85. The van der Waals surface area contributed by atoms with E-state index in [1.165, 1.54) is 0 Å². The molecule has 4 nitrogen and oxygen atoms in total. The molecular weight excluding hydrogens is 328 g/mol. The Morgan fingerprint density at radius 3 is 2.74 bits per heavy atom. The summed E-state index contributed by atoms with van der Waals surface area (Å²) in [4.78, 5) is 11.9. The lowest BCUT2D eigenvalue weighted by Gasteiger charge is -2.09. The second kappa shape index (κ2) is 6.49. The van der Waals surface area contributed by atoms with Gasteiger partial charge in [0.15, 0.2) is 5.11 Å². The molecular formula is C13H11BrN2O2S. The Labute approximate surface area is 124 Å². The molecule has 0 radical (unpaired) electrons. The number of benzene rings is 1. The molecule has 1 amide bonds. The van der Waals surface area contributed by atoms with E-state index in [0.29, 0.717) is 12.1 Å². The van der Waals surface area contributed by atoms with Crippen molar-refractivity contribution in [3.63, 3.8) is 0 Å². The SMILES string of the molecule is O=C(NC(=S)NCc1ccco1)c1ccccc1Br. The van der Waals surface area contributed by atoms with E-state index in [-0.39, 0.29) is 11.0 Å². The highest BCUT2D eigenvalue weighted by Gasteiger charge is 2.10. The van der Waals surface area contributed by atoms with Gasteiger partial charge in [0.25, 0.3) is 5.91 Å². The van der Waals surface area contributed by atoms with Crippen molar-refractivity contribution in [1.82, 2.24) is 10.6 Å². The van der Waals surface area contributed by atoms with Crippen molar-refractivity contribution in [3.05, 3.63) is 58.5 Å². The molecule has 2 aromatic rings. The van der Waals surface area contributed by atoms with Crippen molar-refractivity contribution in [2.75, 3.05) is 0 Å². The quantitative estimate of drug-likeness (QED) is 0.845. The average Bonchev–Trinajstić information content (AvgIpc) is 2.90. The topological polar surface area (TPSA) is 54.3 Å². The summed E-state index contributed by atoms with van der Waals surface area (Å²) in [5, 5.41) is 5.77. The minimum atomic E-state index is -0.260. The first-order valence-electron chi connectivity index (χ1n) is 5.53. The molecule has 1 aromatic heterocycles. The largest absolute Gasteiger partial charge is 0.467 e. The van der Waals surface area contributed by atoms with E-state index < -0.39 is 0 Å². The van der Waals surface area contributed by atoms with Crippen molar-refractivity contribution < 1.29 is 9.21 Å². The van der Waals surface area contributed by atoms with Gasteiger partial charge in [-0.1, -0.05) is 12.1 Å². The van der Waals surface area contributed by atoms with Gasteiger partial charge in [0, 0.05) is 4.47 Å². The fraction of sp³-hybridized carbons (Fsp3) is 0.0769. The minimum absolute atomic E-state index is 0.260. The highest BCUT2D eigenvalue weighted by Crippen LogP contribution is 2.15. The predicted molar refractivity (Wildman–Crippen MR) is 79.8 cm³/mol. The highest BCUT2D eigenvalue weighted by atomic mass is 79.9. The molecule has 0 spiro atoms. The average molecular weight is 339 g/mol. The minimum Gasteiger partial charge on any atom is -0.467 e. The molecule has 0 saturated heterocycles. The number of carbonyl (C=O) groups excluding carboxylic acids is 1. The van der Waals surface area contributed by atoms with Gasteiger partial charge in [0.2, 0.25) is 0 Å². The molecule has 0 fully saturated rings. The maximum absolute atomic E-state index is 11.9. The van der Waals surface area contributed by atoms with E-state index in [4.69, 9.17) is 16.6 Å². The molecule has 0 unspecified atom stereocenters.